The maximum absolute atomic E-state index is 12.6. The van der Waals surface area contributed by atoms with Crippen LogP contribution in [0.4, 0.5) is 4.39 Å². The van der Waals surface area contributed by atoms with Crippen LogP contribution in [0.15, 0.2) is 36.4 Å². The SMILES string of the molecule is C=C(C(N)=O)C(N)c1ccc(F)cc1. The van der Waals surface area contributed by atoms with Crippen LogP contribution in [0.1, 0.15) is 11.6 Å². The molecule has 0 saturated heterocycles. The second kappa shape index (κ2) is 4.02. The standard InChI is InChI=1S/C10H11FN2O/c1-6(10(13)14)9(12)7-2-4-8(11)5-3-7/h2-5,9H,1,12H2,(H2,13,14). The predicted octanol–water partition coefficient (Wildman–Crippen LogP) is 0.867. The first kappa shape index (κ1) is 10.4. The van der Waals surface area contributed by atoms with Crippen molar-refractivity contribution >= 4 is 5.91 Å². The fraction of sp³-hybridized carbons (Fsp3) is 0.100. The van der Waals surface area contributed by atoms with Crippen LogP contribution in [0.25, 0.3) is 0 Å². The Bertz CT molecular complexity index is 359. The number of carbonyl (C=O) groups excluding carboxylic acids is 1. The van der Waals surface area contributed by atoms with Gasteiger partial charge >= 0.3 is 0 Å². The van der Waals surface area contributed by atoms with Gasteiger partial charge in [0.05, 0.1) is 6.04 Å². The Morgan fingerprint density at radius 1 is 1.36 bits per heavy atom. The van der Waals surface area contributed by atoms with Crippen LogP contribution in [0.3, 0.4) is 0 Å². The molecule has 0 aliphatic carbocycles. The van der Waals surface area contributed by atoms with E-state index in [1.807, 2.05) is 0 Å². The lowest BCUT2D eigenvalue weighted by molar-refractivity contribution is -0.114. The average Bonchev–Trinajstić information content (AvgIpc) is 2.16. The Labute approximate surface area is 81.2 Å². The van der Waals surface area contributed by atoms with E-state index in [9.17, 15) is 9.18 Å². The minimum absolute atomic E-state index is 0.108. The van der Waals surface area contributed by atoms with E-state index in [2.05, 4.69) is 6.58 Å². The molecule has 0 bridgehead atoms. The zero-order valence-corrected chi connectivity index (χ0v) is 7.53. The Kier molecular flexibility index (Phi) is 2.99. The van der Waals surface area contributed by atoms with Gasteiger partial charge in [-0.2, -0.15) is 0 Å². The molecule has 0 saturated carbocycles. The highest BCUT2D eigenvalue weighted by Crippen LogP contribution is 2.17. The number of hydrogen-bond acceptors (Lipinski definition) is 2. The summed E-state index contributed by atoms with van der Waals surface area (Å²) in [7, 11) is 0. The van der Waals surface area contributed by atoms with Crippen LogP contribution >= 0.6 is 0 Å². The summed E-state index contributed by atoms with van der Waals surface area (Å²) in [6.45, 7) is 3.46. The van der Waals surface area contributed by atoms with E-state index in [4.69, 9.17) is 11.5 Å². The van der Waals surface area contributed by atoms with Crippen LogP contribution in [-0.2, 0) is 4.79 Å². The molecule has 4 N–H and O–H groups in total. The fourth-order valence-electron chi connectivity index (χ4n) is 1.02. The molecule has 0 aromatic heterocycles. The molecule has 0 heterocycles. The summed E-state index contributed by atoms with van der Waals surface area (Å²) >= 11 is 0. The fourth-order valence-corrected chi connectivity index (χ4v) is 1.02. The van der Waals surface area contributed by atoms with E-state index in [0.29, 0.717) is 5.56 Å². The van der Waals surface area contributed by atoms with Gasteiger partial charge < -0.3 is 11.5 Å². The number of amides is 1. The van der Waals surface area contributed by atoms with Gasteiger partial charge in [-0.1, -0.05) is 18.7 Å². The van der Waals surface area contributed by atoms with Gasteiger partial charge in [-0.25, -0.2) is 4.39 Å². The number of primary amides is 1. The summed E-state index contributed by atoms with van der Waals surface area (Å²) in [5.41, 5.74) is 11.4. The largest absolute Gasteiger partial charge is 0.366 e. The Balaban J connectivity index is 2.89. The molecule has 0 fully saturated rings. The molecule has 0 radical (unpaired) electrons. The van der Waals surface area contributed by atoms with Gasteiger partial charge in [0.15, 0.2) is 0 Å². The second-order valence-electron chi connectivity index (χ2n) is 2.92. The van der Waals surface area contributed by atoms with Crippen molar-refractivity contribution in [1.82, 2.24) is 0 Å². The maximum atomic E-state index is 12.6. The Hall–Kier alpha value is -1.68. The first-order valence-electron chi connectivity index (χ1n) is 4.02. The van der Waals surface area contributed by atoms with Crippen molar-refractivity contribution in [3.8, 4) is 0 Å². The van der Waals surface area contributed by atoms with E-state index in [1.165, 1.54) is 24.3 Å². The van der Waals surface area contributed by atoms with E-state index in [0.717, 1.165) is 0 Å². The van der Waals surface area contributed by atoms with E-state index in [1.54, 1.807) is 0 Å². The van der Waals surface area contributed by atoms with Gasteiger partial charge in [0, 0.05) is 5.57 Å². The van der Waals surface area contributed by atoms with E-state index in [-0.39, 0.29) is 11.4 Å². The van der Waals surface area contributed by atoms with Gasteiger partial charge in [-0.15, -0.1) is 0 Å². The van der Waals surface area contributed by atoms with Crippen molar-refractivity contribution < 1.29 is 9.18 Å². The minimum atomic E-state index is -0.673. The first-order valence-corrected chi connectivity index (χ1v) is 4.02. The van der Waals surface area contributed by atoms with Gasteiger partial charge in [-0.3, -0.25) is 4.79 Å². The molecule has 0 spiro atoms. The highest BCUT2D eigenvalue weighted by molar-refractivity contribution is 5.92. The number of nitrogens with two attached hydrogens (primary N) is 2. The lowest BCUT2D eigenvalue weighted by Gasteiger charge is -2.11. The lowest BCUT2D eigenvalue weighted by atomic mass is 10.0. The molecule has 0 aliphatic rings. The molecule has 14 heavy (non-hydrogen) atoms. The molecule has 1 aromatic rings. The molecule has 3 nitrogen and oxygen atoms in total. The number of benzene rings is 1. The van der Waals surface area contributed by atoms with Gasteiger partial charge in [-0.05, 0) is 17.7 Å². The number of hydrogen-bond donors (Lipinski definition) is 2. The van der Waals surface area contributed by atoms with Gasteiger partial charge in [0.2, 0.25) is 5.91 Å². The highest BCUT2D eigenvalue weighted by atomic mass is 19.1. The van der Waals surface area contributed by atoms with Crippen LogP contribution < -0.4 is 11.5 Å². The molecule has 1 amide bonds. The highest BCUT2D eigenvalue weighted by Gasteiger charge is 2.13. The Morgan fingerprint density at radius 3 is 2.29 bits per heavy atom. The van der Waals surface area contributed by atoms with E-state index >= 15 is 0 Å². The molecule has 1 rings (SSSR count). The molecule has 4 heteroatoms. The third kappa shape index (κ3) is 2.17. The maximum Gasteiger partial charge on any atom is 0.245 e. The molecule has 74 valence electrons. The van der Waals surface area contributed by atoms with Crippen molar-refractivity contribution in [3.05, 3.63) is 47.8 Å². The van der Waals surface area contributed by atoms with Crippen LogP contribution in [0.5, 0.6) is 0 Å². The zero-order chi connectivity index (χ0) is 10.7. The number of rotatable bonds is 3. The monoisotopic (exact) mass is 194 g/mol. The number of halogens is 1. The average molecular weight is 194 g/mol. The summed E-state index contributed by atoms with van der Waals surface area (Å²) in [5.74, 6) is -1.01. The van der Waals surface area contributed by atoms with E-state index < -0.39 is 11.9 Å². The third-order valence-electron chi connectivity index (χ3n) is 1.92. The molecule has 1 atom stereocenters. The quantitative estimate of drug-likeness (QED) is 0.701. The second-order valence-corrected chi connectivity index (χ2v) is 2.92. The summed E-state index contributed by atoms with van der Waals surface area (Å²) in [4.78, 5) is 10.7. The first-order chi connectivity index (χ1) is 6.52. The van der Waals surface area contributed by atoms with Crippen molar-refractivity contribution in [2.24, 2.45) is 11.5 Å². The minimum Gasteiger partial charge on any atom is -0.366 e. The van der Waals surface area contributed by atoms with Crippen molar-refractivity contribution in [2.75, 3.05) is 0 Å². The van der Waals surface area contributed by atoms with Gasteiger partial charge in [0.25, 0.3) is 0 Å². The lowest BCUT2D eigenvalue weighted by Crippen LogP contribution is -2.23. The van der Waals surface area contributed by atoms with Crippen LogP contribution in [-0.4, -0.2) is 5.91 Å². The van der Waals surface area contributed by atoms with Crippen molar-refractivity contribution in [1.29, 1.82) is 0 Å². The van der Waals surface area contributed by atoms with Crippen molar-refractivity contribution in [3.63, 3.8) is 0 Å². The summed E-state index contributed by atoms with van der Waals surface area (Å²) in [5, 5.41) is 0. The Morgan fingerprint density at radius 2 is 1.86 bits per heavy atom. The van der Waals surface area contributed by atoms with Gasteiger partial charge in [0.1, 0.15) is 5.82 Å². The molecule has 0 aliphatic heterocycles. The molecular weight excluding hydrogens is 183 g/mol. The summed E-state index contributed by atoms with van der Waals surface area (Å²) in [6.07, 6.45) is 0. The molecule has 1 unspecified atom stereocenters. The summed E-state index contributed by atoms with van der Waals surface area (Å²) in [6, 6.07) is 4.85. The number of carbonyl (C=O) groups is 1. The predicted molar refractivity (Wildman–Crippen MR) is 51.7 cm³/mol. The molecule has 1 aromatic carbocycles. The smallest absolute Gasteiger partial charge is 0.245 e. The van der Waals surface area contributed by atoms with Crippen LogP contribution in [0, 0.1) is 5.82 Å². The van der Waals surface area contributed by atoms with Crippen LogP contribution in [0.2, 0.25) is 0 Å². The zero-order valence-electron chi connectivity index (χ0n) is 7.53. The third-order valence-corrected chi connectivity index (χ3v) is 1.92. The normalized spacial score (nSPS) is 12.1. The molecular formula is C10H11FN2O. The topological polar surface area (TPSA) is 69.1 Å². The van der Waals surface area contributed by atoms with Crippen molar-refractivity contribution in [2.45, 2.75) is 6.04 Å². The summed E-state index contributed by atoms with van der Waals surface area (Å²) < 4.78 is 12.6.